The molecule has 0 aliphatic rings. The third-order valence-corrected chi connectivity index (χ3v) is 2.39. The standard InChI is InChI=1S/C13H13N3O/c1-2-12-8-16-13(17-12)9-15-11-5-3-4-10(6-11)7-14/h3-6,8,15H,2,9H2,1H3. The quantitative estimate of drug-likeness (QED) is 0.872. The summed E-state index contributed by atoms with van der Waals surface area (Å²) in [5.74, 6) is 1.54. The molecule has 0 aliphatic carbocycles. The molecule has 0 aliphatic heterocycles. The molecule has 4 heteroatoms. The second kappa shape index (κ2) is 5.17. The van der Waals surface area contributed by atoms with Crippen molar-refractivity contribution in [2.45, 2.75) is 19.9 Å². The Morgan fingerprint density at radius 3 is 3.06 bits per heavy atom. The van der Waals surface area contributed by atoms with Crippen molar-refractivity contribution in [1.29, 1.82) is 5.26 Å². The van der Waals surface area contributed by atoms with Crippen LogP contribution in [0.4, 0.5) is 5.69 Å². The molecule has 1 aromatic heterocycles. The van der Waals surface area contributed by atoms with Crippen LogP contribution in [-0.4, -0.2) is 4.98 Å². The molecule has 2 aromatic rings. The Labute approximate surface area is 99.9 Å². The van der Waals surface area contributed by atoms with Crippen LogP contribution in [0.25, 0.3) is 0 Å². The van der Waals surface area contributed by atoms with Crippen LogP contribution < -0.4 is 5.32 Å². The minimum Gasteiger partial charge on any atom is -0.444 e. The van der Waals surface area contributed by atoms with Crippen LogP contribution in [0.2, 0.25) is 0 Å². The first-order valence-corrected chi connectivity index (χ1v) is 5.49. The molecule has 86 valence electrons. The highest BCUT2D eigenvalue weighted by Gasteiger charge is 2.02. The Bertz CT molecular complexity index is 540. The number of hydrogen-bond acceptors (Lipinski definition) is 4. The van der Waals surface area contributed by atoms with E-state index in [2.05, 4.69) is 16.4 Å². The van der Waals surface area contributed by atoms with Crippen molar-refractivity contribution in [3.8, 4) is 6.07 Å². The minimum atomic E-state index is 0.523. The molecule has 17 heavy (non-hydrogen) atoms. The van der Waals surface area contributed by atoms with E-state index in [-0.39, 0.29) is 0 Å². The first kappa shape index (κ1) is 11.2. The van der Waals surface area contributed by atoms with E-state index in [9.17, 15) is 0 Å². The number of benzene rings is 1. The molecule has 0 fully saturated rings. The zero-order chi connectivity index (χ0) is 12.1. The van der Waals surface area contributed by atoms with Gasteiger partial charge in [0.2, 0.25) is 5.89 Å². The smallest absolute Gasteiger partial charge is 0.213 e. The number of rotatable bonds is 4. The van der Waals surface area contributed by atoms with E-state index in [0.717, 1.165) is 17.9 Å². The van der Waals surface area contributed by atoms with Crippen LogP contribution in [-0.2, 0) is 13.0 Å². The lowest BCUT2D eigenvalue weighted by Gasteiger charge is -2.03. The molecule has 0 spiro atoms. The number of anilines is 1. The maximum absolute atomic E-state index is 8.77. The first-order valence-electron chi connectivity index (χ1n) is 5.49. The lowest BCUT2D eigenvalue weighted by atomic mass is 10.2. The third kappa shape index (κ3) is 2.85. The van der Waals surface area contributed by atoms with Gasteiger partial charge in [-0.25, -0.2) is 4.98 Å². The Balaban J connectivity index is 1.99. The van der Waals surface area contributed by atoms with E-state index >= 15 is 0 Å². The normalized spacial score (nSPS) is 9.88. The third-order valence-electron chi connectivity index (χ3n) is 2.39. The van der Waals surface area contributed by atoms with E-state index in [1.54, 1.807) is 18.3 Å². The number of nitrogens with one attached hydrogen (secondary N) is 1. The summed E-state index contributed by atoms with van der Waals surface area (Å²) in [6.45, 7) is 2.54. The largest absolute Gasteiger partial charge is 0.444 e. The van der Waals surface area contributed by atoms with Gasteiger partial charge in [-0.3, -0.25) is 0 Å². The average Bonchev–Trinajstić information content (AvgIpc) is 2.84. The maximum atomic E-state index is 8.77. The zero-order valence-electron chi connectivity index (χ0n) is 9.60. The highest BCUT2D eigenvalue weighted by Crippen LogP contribution is 2.12. The van der Waals surface area contributed by atoms with E-state index in [0.29, 0.717) is 18.0 Å². The van der Waals surface area contributed by atoms with Gasteiger partial charge < -0.3 is 9.73 Å². The molecule has 4 nitrogen and oxygen atoms in total. The van der Waals surface area contributed by atoms with Gasteiger partial charge in [0, 0.05) is 12.1 Å². The number of nitriles is 1. The lowest BCUT2D eigenvalue weighted by molar-refractivity contribution is 0.466. The summed E-state index contributed by atoms with van der Waals surface area (Å²) in [5.41, 5.74) is 1.52. The van der Waals surface area contributed by atoms with Crippen LogP contribution >= 0.6 is 0 Å². The van der Waals surface area contributed by atoms with Gasteiger partial charge in [-0.2, -0.15) is 5.26 Å². The van der Waals surface area contributed by atoms with Crippen LogP contribution in [0, 0.1) is 11.3 Å². The monoisotopic (exact) mass is 227 g/mol. The van der Waals surface area contributed by atoms with Crippen molar-refractivity contribution in [2.24, 2.45) is 0 Å². The molecule has 2 rings (SSSR count). The summed E-state index contributed by atoms with van der Waals surface area (Å²) in [6.07, 6.45) is 2.58. The topological polar surface area (TPSA) is 61.9 Å². The Morgan fingerprint density at radius 1 is 1.47 bits per heavy atom. The van der Waals surface area contributed by atoms with Gasteiger partial charge in [0.15, 0.2) is 0 Å². The lowest BCUT2D eigenvalue weighted by Crippen LogP contribution is -1.99. The average molecular weight is 227 g/mol. The van der Waals surface area contributed by atoms with Crippen LogP contribution in [0.1, 0.15) is 24.1 Å². The fraction of sp³-hybridized carbons (Fsp3) is 0.231. The predicted molar refractivity (Wildman–Crippen MR) is 64.4 cm³/mol. The fourth-order valence-electron chi connectivity index (χ4n) is 1.47. The number of aryl methyl sites for hydroxylation is 1. The Hall–Kier alpha value is -2.28. The molecule has 0 saturated carbocycles. The summed E-state index contributed by atoms with van der Waals surface area (Å²) in [5, 5.41) is 11.9. The van der Waals surface area contributed by atoms with Gasteiger partial charge in [-0.05, 0) is 18.2 Å². The molecule has 0 atom stereocenters. The number of hydrogen-bond donors (Lipinski definition) is 1. The molecule has 0 unspecified atom stereocenters. The SMILES string of the molecule is CCc1cnc(CNc2cccc(C#N)c2)o1. The predicted octanol–water partition coefficient (Wildman–Crippen LogP) is 2.72. The van der Waals surface area contributed by atoms with Gasteiger partial charge in [-0.1, -0.05) is 13.0 Å². The van der Waals surface area contributed by atoms with Crippen molar-refractivity contribution in [3.63, 3.8) is 0 Å². The second-order valence-corrected chi connectivity index (χ2v) is 3.62. The number of oxazole rings is 1. The van der Waals surface area contributed by atoms with Crippen LogP contribution in [0.3, 0.4) is 0 Å². The molecular formula is C13H13N3O. The van der Waals surface area contributed by atoms with Crippen molar-refractivity contribution >= 4 is 5.69 Å². The van der Waals surface area contributed by atoms with E-state index in [4.69, 9.17) is 9.68 Å². The number of nitrogens with zero attached hydrogens (tertiary/aromatic N) is 2. The first-order chi connectivity index (χ1) is 8.31. The van der Waals surface area contributed by atoms with Gasteiger partial charge in [0.25, 0.3) is 0 Å². The Morgan fingerprint density at radius 2 is 2.35 bits per heavy atom. The Kier molecular flexibility index (Phi) is 3.41. The molecular weight excluding hydrogens is 214 g/mol. The van der Waals surface area contributed by atoms with Crippen molar-refractivity contribution in [3.05, 3.63) is 47.7 Å². The van der Waals surface area contributed by atoms with E-state index in [1.165, 1.54) is 0 Å². The molecule has 0 amide bonds. The molecule has 1 heterocycles. The van der Waals surface area contributed by atoms with Gasteiger partial charge in [0.05, 0.1) is 24.4 Å². The van der Waals surface area contributed by atoms with Crippen molar-refractivity contribution in [1.82, 2.24) is 4.98 Å². The maximum Gasteiger partial charge on any atom is 0.213 e. The van der Waals surface area contributed by atoms with Gasteiger partial charge in [-0.15, -0.1) is 0 Å². The molecule has 0 saturated heterocycles. The van der Waals surface area contributed by atoms with E-state index < -0.39 is 0 Å². The summed E-state index contributed by atoms with van der Waals surface area (Å²) in [4.78, 5) is 4.15. The molecule has 1 N–H and O–H groups in total. The molecule has 1 aromatic carbocycles. The summed E-state index contributed by atoms with van der Waals surface area (Å²) in [6, 6.07) is 9.41. The van der Waals surface area contributed by atoms with Crippen molar-refractivity contribution in [2.75, 3.05) is 5.32 Å². The minimum absolute atomic E-state index is 0.523. The van der Waals surface area contributed by atoms with Gasteiger partial charge >= 0.3 is 0 Å². The van der Waals surface area contributed by atoms with E-state index in [1.807, 2.05) is 19.1 Å². The molecule has 0 bridgehead atoms. The van der Waals surface area contributed by atoms with Gasteiger partial charge in [0.1, 0.15) is 5.76 Å². The summed E-state index contributed by atoms with van der Waals surface area (Å²) < 4.78 is 5.47. The van der Waals surface area contributed by atoms with Crippen LogP contribution in [0.5, 0.6) is 0 Å². The summed E-state index contributed by atoms with van der Waals surface area (Å²) >= 11 is 0. The fourth-order valence-corrected chi connectivity index (χ4v) is 1.47. The summed E-state index contributed by atoms with van der Waals surface area (Å²) in [7, 11) is 0. The highest BCUT2D eigenvalue weighted by molar-refractivity contribution is 5.48. The second-order valence-electron chi connectivity index (χ2n) is 3.62. The van der Waals surface area contributed by atoms with Crippen LogP contribution in [0.15, 0.2) is 34.9 Å². The van der Waals surface area contributed by atoms with Crippen molar-refractivity contribution < 1.29 is 4.42 Å². The number of aromatic nitrogens is 1. The highest BCUT2D eigenvalue weighted by atomic mass is 16.4. The molecule has 0 radical (unpaired) electrons. The zero-order valence-corrected chi connectivity index (χ0v) is 9.60.